The van der Waals surface area contributed by atoms with Crippen molar-refractivity contribution < 1.29 is 0 Å². The van der Waals surface area contributed by atoms with Gasteiger partial charge in [0.1, 0.15) is 0 Å². The first-order valence-corrected chi connectivity index (χ1v) is 3.82. The van der Waals surface area contributed by atoms with Crippen LogP contribution >= 0.6 is 0 Å². The molecule has 2 nitrogen and oxygen atoms in total. The Labute approximate surface area is 57.8 Å². The highest BCUT2D eigenvalue weighted by Crippen LogP contribution is 1.96. The summed E-state index contributed by atoms with van der Waals surface area (Å²) in [5.74, 6) is 0. The second kappa shape index (κ2) is 7.92. The molecule has 0 amide bonds. The van der Waals surface area contributed by atoms with Gasteiger partial charge in [0, 0.05) is 0 Å². The van der Waals surface area contributed by atoms with Crippen LogP contribution in [-0.4, -0.2) is 19.6 Å². The first-order valence-electron chi connectivity index (χ1n) is 3.82. The zero-order valence-electron chi connectivity index (χ0n) is 6.32. The normalized spacial score (nSPS) is 18.0. The predicted molar refractivity (Wildman–Crippen MR) is 41.4 cm³/mol. The number of rotatable bonds is 0. The molecule has 3 N–H and O–H groups in total. The van der Waals surface area contributed by atoms with Crippen molar-refractivity contribution in [2.24, 2.45) is 5.73 Å². The lowest BCUT2D eigenvalue weighted by Gasteiger charge is -2.08. The molecule has 0 spiro atoms. The fraction of sp³-hybridized carbons (Fsp3) is 1.00. The van der Waals surface area contributed by atoms with Crippen molar-refractivity contribution in [3.63, 3.8) is 0 Å². The molecule has 1 heterocycles. The SMILES string of the molecule is C1CCNCC1.CCN. The molecule has 0 aliphatic carbocycles. The lowest BCUT2D eigenvalue weighted by atomic mass is 10.2. The molecule has 0 saturated carbocycles. The smallest absolute Gasteiger partial charge is 0.00489 e. The minimum absolute atomic E-state index is 0.750. The number of hydrogen-bond acceptors (Lipinski definition) is 2. The molecule has 56 valence electrons. The van der Waals surface area contributed by atoms with Crippen molar-refractivity contribution in [1.82, 2.24) is 5.32 Å². The third-order valence-electron chi connectivity index (χ3n) is 1.21. The van der Waals surface area contributed by atoms with Gasteiger partial charge in [-0.1, -0.05) is 13.3 Å². The number of nitrogens with two attached hydrogens (primary N) is 1. The van der Waals surface area contributed by atoms with Gasteiger partial charge in [0.2, 0.25) is 0 Å². The van der Waals surface area contributed by atoms with Gasteiger partial charge in [0.15, 0.2) is 0 Å². The monoisotopic (exact) mass is 130 g/mol. The van der Waals surface area contributed by atoms with Gasteiger partial charge in [-0.2, -0.15) is 0 Å². The van der Waals surface area contributed by atoms with Crippen LogP contribution in [0.2, 0.25) is 0 Å². The second-order valence-electron chi connectivity index (χ2n) is 2.22. The zero-order valence-corrected chi connectivity index (χ0v) is 6.32. The Hall–Kier alpha value is -0.0800. The molecular weight excluding hydrogens is 112 g/mol. The average molecular weight is 130 g/mol. The van der Waals surface area contributed by atoms with E-state index in [1.165, 1.54) is 32.4 Å². The van der Waals surface area contributed by atoms with Crippen molar-refractivity contribution >= 4 is 0 Å². The van der Waals surface area contributed by atoms with E-state index in [1.54, 1.807) is 0 Å². The second-order valence-corrected chi connectivity index (χ2v) is 2.22. The molecule has 9 heavy (non-hydrogen) atoms. The van der Waals surface area contributed by atoms with Crippen molar-refractivity contribution in [1.29, 1.82) is 0 Å². The summed E-state index contributed by atoms with van der Waals surface area (Å²) >= 11 is 0. The van der Waals surface area contributed by atoms with E-state index in [0.717, 1.165) is 6.54 Å². The minimum atomic E-state index is 0.750. The van der Waals surface area contributed by atoms with Crippen molar-refractivity contribution in [2.75, 3.05) is 19.6 Å². The topological polar surface area (TPSA) is 38.0 Å². The highest BCUT2D eigenvalue weighted by atomic mass is 14.9. The summed E-state index contributed by atoms with van der Waals surface area (Å²) in [6.45, 7) is 5.15. The Morgan fingerprint density at radius 3 is 1.78 bits per heavy atom. The summed E-state index contributed by atoms with van der Waals surface area (Å²) in [4.78, 5) is 0. The maximum atomic E-state index is 4.85. The molecule has 2 heteroatoms. The van der Waals surface area contributed by atoms with E-state index in [-0.39, 0.29) is 0 Å². The standard InChI is InChI=1S/C5H11N.C2H7N/c1-2-4-6-5-3-1;1-2-3/h6H,1-5H2;2-3H2,1H3. The Morgan fingerprint density at radius 2 is 1.67 bits per heavy atom. The first-order chi connectivity index (χ1) is 4.41. The van der Waals surface area contributed by atoms with Gasteiger partial charge < -0.3 is 11.1 Å². The van der Waals surface area contributed by atoms with Crippen LogP contribution in [0.15, 0.2) is 0 Å². The van der Waals surface area contributed by atoms with E-state index >= 15 is 0 Å². The molecule has 0 unspecified atom stereocenters. The van der Waals surface area contributed by atoms with E-state index < -0.39 is 0 Å². The quantitative estimate of drug-likeness (QED) is 0.507. The van der Waals surface area contributed by atoms with E-state index in [0.29, 0.717) is 0 Å². The van der Waals surface area contributed by atoms with E-state index in [2.05, 4.69) is 5.32 Å². The largest absolute Gasteiger partial charge is 0.331 e. The molecule has 0 aromatic carbocycles. The van der Waals surface area contributed by atoms with Gasteiger partial charge in [-0.25, -0.2) is 0 Å². The number of nitrogens with one attached hydrogen (secondary N) is 1. The lowest BCUT2D eigenvalue weighted by molar-refractivity contribution is 0.520. The van der Waals surface area contributed by atoms with Gasteiger partial charge in [0.25, 0.3) is 0 Å². The minimum Gasteiger partial charge on any atom is -0.331 e. The third kappa shape index (κ3) is 7.92. The van der Waals surface area contributed by atoms with E-state index in [9.17, 15) is 0 Å². The molecular formula is C7H18N2. The zero-order chi connectivity index (χ0) is 6.95. The van der Waals surface area contributed by atoms with E-state index in [4.69, 9.17) is 5.73 Å². The lowest BCUT2D eigenvalue weighted by Crippen LogP contribution is -2.21. The molecule has 0 bridgehead atoms. The molecule has 1 aliphatic rings. The fourth-order valence-electron chi connectivity index (χ4n) is 0.802. The van der Waals surface area contributed by atoms with Crippen molar-refractivity contribution in [3.05, 3.63) is 0 Å². The summed E-state index contributed by atoms with van der Waals surface area (Å²) < 4.78 is 0. The van der Waals surface area contributed by atoms with Gasteiger partial charge in [-0.05, 0) is 32.5 Å². The first kappa shape index (κ1) is 8.92. The predicted octanol–water partition coefficient (Wildman–Crippen LogP) is 0.725. The van der Waals surface area contributed by atoms with Crippen molar-refractivity contribution in [3.8, 4) is 0 Å². The highest BCUT2D eigenvalue weighted by molar-refractivity contribution is 4.55. The summed E-state index contributed by atoms with van der Waals surface area (Å²) in [6, 6.07) is 0. The average Bonchev–Trinajstić information content (AvgIpc) is 1.93. The third-order valence-corrected chi connectivity index (χ3v) is 1.21. The van der Waals surface area contributed by atoms with Crippen LogP contribution < -0.4 is 11.1 Å². The molecule has 1 fully saturated rings. The van der Waals surface area contributed by atoms with Gasteiger partial charge in [0.05, 0.1) is 0 Å². The number of piperidine rings is 1. The Morgan fingerprint density at radius 1 is 1.22 bits per heavy atom. The van der Waals surface area contributed by atoms with Gasteiger partial charge in [-0.3, -0.25) is 0 Å². The maximum absolute atomic E-state index is 4.85. The Bertz CT molecular complexity index is 30.7. The van der Waals surface area contributed by atoms with Crippen LogP contribution in [-0.2, 0) is 0 Å². The molecule has 1 aliphatic heterocycles. The molecule has 1 rings (SSSR count). The van der Waals surface area contributed by atoms with Gasteiger partial charge >= 0.3 is 0 Å². The molecule has 0 atom stereocenters. The molecule has 0 radical (unpaired) electrons. The summed E-state index contributed by atoms with van der Waals surface area (Å²) in [5.41, 5.74) is 4.85. The van der Waals surface area contributed by atoms with Crippen LogP contribution in [0.1, 0.15) is 26.2 Å². The fourth-order valence-corrected chi connectivity index (χ4v) is 0.802. The van der Waals surface area contributed by atoms with Crippen LogP contribution in [0.25, 0.3) is 0 Å². The van der Waals surface area contributed by atoms with E-state index in [1.807, 2.05) is 6.92 Å². The van der Waals surface area contributed by atoms with Crippen LogP contribution in [0.3, 0.4) is 0 Å². The maximum Gasteiger partial charge on any atom is -0.00489 e. The van der Waals surface area contributed by atoms with Crippen LogP contribution in [0, 0.1) is 0 Å². The van der Waals surface area contributed by atoms with Crippen LogP contribution in [0.4, 0.5) is 0 Å². The summed E-state index contributed by atoms with van der Waals surface area (Å²) in [7, 11) is 0. The number of hydrogen-bond donors (Lipinski definition) is 2. The molecule has 0 aromatic rings. The summed E-state index contributed by atoms with van der Waals surface area (Å²) in [5, 5.41) is 3.28. The summed E-state index contributed by atoms with van der Waals surface area (Å²) in [6.07, 6.45) is 4.22. The van der Waals surface area contributed by atoms with Crippen molar-refractivity contribution in [2.45, 2.75) is 26.2 Å². The Balaban J connectivity index is 0.000000187. The molecule has 0 aromatic heterocycles. The van der Waals surface area contributed by atoms with Gasteiger partial charge in [-0.15, -0.1) is 0 Å². The van der Waals surface area contributed by atoms with Crippen LogP contribution in [0.5, 0.6) is 0 Å². The molecule has 1 saturated heterocycles. The highest BCUT2D eigenvalue weighted by Gasteiger charge is 1.93. The Kier molecular flexibility index (Phi) is 7.85.